The van der Waals surface area contributed by atoms with Crippen molar-refractivity contribution in [1.29, 1.82) is 0 Å². The highest BCUT2D eigenvalue weighted by Gasteiger charge is 2.25. The van der Waals surface area contributed by atoms with Crippen LogP contribution in [0, 0.1) is 0 Å². The van der Waals surface area contributed by atoms with E-state index < -0.39 is 0 Å². The minimum absolute atomic E-state index is 0.594. The van der Waals surface area contributed by atoms with Gasteiger partial charge in [-0.15, -0.1) is 0 Å². The molecule has 0 bridgehead atoms. The van der Waals surface area contributed by atoms with Gasteiger partial charge in [-0.1, -0.05) is 114 Å². The third-order valence-corrected chi connectivity index (χ3v) is 11.8. The molecular weight excluding hydrogens is 650 g/mol. The van der Waals surface area contributed by atoms with Crippen molar-refractivity contribution < 1.29 is 8.83 Å². The number of hydrogen-bond donors (Lipinski definition) is 0. The van der Waals surface area contributed by atoms with Crippen molar-refractivity contribution in [3.8, 4) is 11.1 Å². The largest absolute Gasteiger partial charge is 0.454 e. The molecule has 0 fully saturated rings. The molecule has 3 heterocycles. The lowest BCUT2D eigenvalue weighted by molar-refractivity contribution is 0.668. The average molecular weight is 674 g/mol. The van der Waals surface area contributed by atoms with Crippen LogP contribution in [0.3, 0.4) is 0 Å². The molecule has 0 amide bonds. The van der Waals surface area contributed by atoms with E-state index in [1.807, 2.05) is 59.9 Å². The predicted molar refractivity (Wildman–Crippen MR) is 201 cm³/mol. The number of fused-ring (bicyclic) bond motifs is 8. The molecule has 228 valence electrons. The van der Waals surface area contributed by atoms with E-state index in [-0.39, 0.29) is 0 Å². The summed E-state index contributed by atoms with van der Waals surface area (Å²) in [5.41, 5.74) is 8.36. The van der Waals surface area contributed by atoms with E-state index in [1.54, 1.807) is 0 Å². The highest BCUT2D eigenvalue weighted by molar-refractivity contribution is 8.05. The first kappa shape index (κ1) is 28.0. The van der Waals surface area contributed by atoms with Gasteiger partial charge in [0.25, 0.3) is 0 Å². The van der Waals surface area contributed by atoms with Crippen LogP contribution in [0.1, 0.15) is 0 Å². The van der Waals surface area contributed by atoms with Crippen molar-refractivity contribution in [3.63, 3.8) is 0 Å². The number of rotatable bonds is 4. The molecule has 0 unspecified atom stereocenters. The molecule has 0 saturated carbocycles. The fourth-order valence-corrected chi connectivity index (χ4v) is 9.34. The molecule has 6 heteroatoms. The smallest absolute Gasteiger partial charge is 0.160 e. The van der Waals surface area contributed by atoms with Crippen LogP contribution in [-0.2, 0) is 0 Å². The van der Waals surface area contributed by atoms with Gasteiger partial charge in [0.2, 0.25) is 0 Å². The summed E-state index contributed by atoms with van der Waals surface area (Å²) >= 11 is 10.4. The van der Waals surface area contributed by atoms with E-state index in [4.69, 9.17) is 20.4 Å². The second kappa shape index (κ2) is 11.0. The van der Waals surface area contributed by atoms with E-state index in [2.05, 4.69) is 114 Å². The zero-order valence-corrected chi connectivity index (χ0v) is 27.7. The number of halogens is 1. The Morgan fingerprint density at radius 3 is 1.75 bits per heavy atom. The molecule has 0 radical (unpaired) electrons. The maximum absolute atomic E-state index is 6.83. The molecule has 2 aromatic heterocycles. The fraction of sp³-hybridized carbons (Fsp3) is 0. The van der Waals surface area contributed by atoms with Crippen LogP contribution in [0.15, 0.2) is 174 Å². The number of furan rings is 2. The number of anilines is 3. The lowest BCUT2D eigenvalue weighted by Crippen LogP contribution is -2.10. The maximum atomic E-state index is 6.83. The molecule has 7 aromatic carbocycles. The van der Waals surface area contributed by atoms with Crippen molar-refractivity contribution in [3.05, 3.63) is 151 Å². The Kier molecular flexibility index (Phi) is 6.41. The third kappa shape index (κ3) is 4.32. The standard InChI is InChI=1S/C42H24ClNO2S2/c43-31-21-19-27(39-29-12-4-6-14-33(29)45-41(31)39)28-20-22-32(42-40(28)30-13-5-7-15-34(30)46-42)44(25-10-2-1-3-11-25)26-18-23-37-38(24-26)48-36-17-9-8-16-35(36)47-37/h1-24H. The molecular formula is C42H24ClNO2S2. The second-order valence-corrected chi connectivity index (χ2v) is 14.4. The van der Waals surface area contributed by atoms with Gasteiger partial charge in [0.05, 0.1) is 10.7 Å². The molecule has 0 aliphatic carbocycles. The first-order valence-electron chi connectivity index (χ1n) is 15.7. The summed E-state index contributed by atoms with van der Waals surface area (Å²) in [7, 11) is 0. The second-order valence-electron chi connectivity index (χ2n) is 11.8. The van der Waals surface area contributed by atoms with Gasteiger partial charge in [-0.25, -0.2) is 0 Å². The zero-order valence-electron chi connectivity index (χ0n) is 25.3. The van der Waals surface area contributed by atoms with Crippen molar-refractivity contribution >= 4 is 96.1 Å². The number of benzene rings is 7. The van der Waals surface area contributed by atoms with Gasteiger partial charge in [-0.3, -0.25) is 0 Å². The quantitative estimate of drug-likeness (QED) is 0.185. The Bertz CT molecular complexity index is 2710. The van der Waals surface area contributed by atoms with Crippen LogP contribution in [0.25, 0.3) is 55.0 Å². The molecule has 1 aliphatic heterocycles. The maximum Gasteiger partial charge on any atom is 0.160 e. The van der Waals surface area contributed by atoms with Gasteiger partial charge in [-0.05, 0) is 77.9 Å². The van der Waals surface area contributed by atoms with E-state index in [0.29, 0.717) is 10.6 Å². The van der Waals surface area contributed by atoms with Crippen LogP contribution in [-0.4, -0.2) is 0 Å². The Balaban J connectivity index is 1.24. The van der Waals surface area contributed by atoms with Crippen LogP contribution in [0.4, 0.5) is 17.1 Å². The van der Waals surface area contributed by atoms with E-state index in [1.165, 1.54) is 19.6 Å². The average Bonchev–Trinajstić information content (AvgIpc) is 3.72. The Morgan fingerprint density at radius 2 is 1.02 bits per heavy atom. The summed E-state index contributed by atoms with van der Waals surface area (Å²) in [4.78, 5) is 7.39. The third-order valence-electron chi connectivity index (χ3n) is 9.00. The minimum Gasteiger partial charge on any atom is -0.454 e. The zero-order chi connectivity index (χ0) is 31.8. The van der Waals surface area contributed by atoms with E-state index in [0.717, 1.165) is 66.5 Å². The van der Waals surface area contributed by atoms with Crippen LogP contribution in [0.2, 0.25) is 5.02 Å². The van der Waals surface area contributed by atoms with Gasteiger partial charge in [-0.2, -0.15) is 0 Å². The van der Waals surface area contributed by atoms with Crippen molar-refractivity contribution in [2.45, 2.75) is 19.6 Å². The topological polar surface area (TPSA) is 29.5 Å². The van der Waals surface area contributed by atoms with Crippen molar-refractivity contribution in [1.82, 2.24) is 0 Å². The number of para-hydroxylation sites is 3. The van der Waals surface area contributed by atoms with Crippen LogP contribution >= 0.6 is 35.1 Å². The lowest BCUT2D eigenvalue weighted by atomic mass is 9.94. The summed E-state index contributed by atoms with van der Waals surface area (Å²) in [6.07, 6.45) is 0. The molecule has 9 aromatic rings. The van der Waals surface area contributed by atoms with E-state index in [9.17, 15) is 0 Å². The summed E-state index contributed by atoms with van der Waals surface area (Å²) in [5.74, 6) is 0. The van der Waals surface area contributed by atoms with Gasteiger partial charge >= 0.3 is 0 Å². The Morgan fingerprint density at radius 1 is 0.458 bits per heavy atom. The van der Waals surface area contributed by atoms with Gasteiger partial charge < -0.3 is 13.7 Å². The summed E-state index contributed by atoms with van der Waals surface area (Å²) in [6.45, 7) is 0. The number of nitrogens with zero attached hydrogens (tertiary/aromatic N) is 1. The van der Waals surface area contributed by atoms with Crippen molar-refractivity contribution in [2.75, 3.05) is 4.90 Å². The molecule has 10 rings (SSSR count). The van der Waals surface area contributed by atoms with Gasteiger partial charge in [0.1, 0.15) is 11.2 Å². The van der Waals surface area contributed by atoms with Gasteiger partial charge in [0.15, 0.2) is 11.2 Å². The molecule has 0 N–H and O–H groups in total. The number of hydrogen-bond acceptors (Lipinski definition) is 5. The molecule has 1 aliphatic rings. The van der Waals surface area contributed by atoms with E-state index >= 15 is 0 Å². The normalized spacial score (nSPS) is 12.5. The SMILES string of the molecule is Clc1ccc(-c2ccc(N(c3ccccc3)c3ccc4c(c3)Sc3ccccc3S4)c3oc4ccccc4c23)c2c1oc1ccccc12. The highest BCUT2D eigenvalue weighted by atomic mass is 35.5. The molecule has 0 saturated heterocycles. The first-order valence-corrected chi connectivity index (χ1v) is 17.7. The Hall–Kier alpha value is -5.07. The lowest BCUT2D eigenvalue weighted by Gasteiger charge is -2.27. The Labute approximate surface area is 289 Å². The summed E-state index contributed by atoms with van der Waals surface area (Å²) in [6, 6.07) is 50.8. The predicted octanol–water partition coefficient (Wildman–Crippen LogP) is 13.9. The molecule has 3 nitrogen and oxygen atoms in total. The summed E-state index contributed by atoms with van der Waals surface area (Å²) < 4.78 is 13.1. The van der Waals surface area contributed by atoms with Crippen LogP contribution in [0.5, 0.6) is 0 Å². The molecule has 0 spiro atoms. The molecule has 48 heavy (non-hydrogen) atoms. The summed E-state index contributed by atoms with van der Waals surface area (Å²) in [5, 5.41) is 4.74. The molecule has 0 atom stereocenters. The van der Waals surface area contributed by atoms with Gasteiger partial charge in [0, 0.05) is 52.5 Å². The monoisotopic (exact) mass is 673 g/mol. The van der Waals surface area contributed by atoms with Crippen molar-refractivity contribution in [2.24, 2.45) is 0 Å². The fourth-order valence-electron chi connectivity index (χ4n) is 6.90. The highest BCUT2D eigenvalue weighted by Crippen LogP contribution is 2.52. The van der Waals surface area contributed by atoms with Crippen LogP contribution < -0.4 is 4.90 Å². The first-order chi connectivity index (χ1) is 23.7. The minimum atomic E-state index is 0.594.